The fraction of sp³-hybridized carbons (Fsp3) is 0.250. The van der Waals surface area contributed by atoms with Gasteiger partial charge in [0.2, 0.25) is 0 Å². The van der Waals surface area contributed by atoms with E-state index in [0.29, 0.717) is 12.3 Å². The Bertz CT molecular complexity index is 595. The van der Waals surface area contributed by atoms with Crippen LogP contribution in [0.5, 0.6) is 5.75 Å². The fourth-order valence-corrected chi connectivity index (χ4v) is 1.91. The SMILES string of the molecule is CC(=NO)c1ccc(C)cc1OCCc1ccccn1. The van der Waals surface area contributed by atoms with Crippen molar-refractivity contribution >= 4 is 5.71 Å². The number of aromatic nitrogens is 1. The second kappa shape index (κ2) is 6.70. The lowest BCUT2D eigenvalue weighted by Gasteiger charge is -2.11. The molecule has 0 unspecified atom stereocenters. The first-order valence-corrected chi connectivity index (χ1v) is 6.53. The molecule has 0 bridgehead atoms. The van der Waals surface area contributed by atoms with E-state index in [0.717, 1.165) is 29.0 Å². The minimum atomic E-state index is 0.534. The van der Waals surface area contributed by atoms with Crippen molar-refractivity contribution in [1.82, 2.24) is 4.98 Å². The molecule has 0 radical (unpaired) electrons. The number of nitrogens with zero attached hydrogens (tertiary/aromatic N) is 2. The average molecular weight is 270 g/mol. The van der Waals surface area contributed by atoms with E-state index in [2.05, 4.69) is 10.1 Å². The monoisotopic (exact) mass is 270 g/mol. The zero-order valence-corrected chi connectivity index (χ0v) is 11.7. The molecule has 1 aromatic heterocycles. The van der Waals surface area contributed by atoms with Gasteiger partial charge in [-0.15, -0.1) is 0 Å². The van der Waals surface area contributed by atoms with Gasteiger partial charge in [-0.2, -0.15) is 0 Å². The van der Waals surface area contributed by atoms with E-state index in [-0.39, 0.29) is 0 Å². The maximum Gasteiger partial charge on any atom is 0.128 e. The van der Waals surface area contributed by atoms with Crippen LogP contribution in [0.3, 0.4) is 0 Å². The van der Waals surface area contributed by atoms with Crippen LogP contribution in [0.4, 0.5) is 0 Å². The molecule has 1 N–H and O–H groups in total. The van der Waals surface area contributed by atoms with Crippen LogP contribution in [-0.2, 0) is 6.42 Å². The molecule has 0 amide bonds. The first kappa shape index (κ1) is 14.1. The predicted molar refractivity (Wildman–Crippen MR) is 78.6 cm³/mol. The van der Waals surface area contributed by atoms with Crippen molar-refractivity contribution < 1.29 is 9.94 Å². The molecule has 0 aliphatic carbocycles. The second-order valence-electron chi connectivity index (χ2n) is 4.60. The molecular weight excluding hydrogens is 252 g/mol. The highest BCUT2D eigenvalue weighted by atomic mass is 16.5. The summed E-state index contributed by atoms with van der Waals surface area (Å²) in [4.78, 5) is 4.26. The highest BCUT2D eigenvalue weighted by Gasteiger charge is 2.08. The summed E-state index contributed by atoms with van der Waals surface area (Å²) in [6, 6.07) is 11.6. The zero-order valence-electron chi connectivity index (χ0n) is 11.7. The zero-order chi connectivity index (χ0) is 14.4. The molecule has 0 atom stereocenters. The predicted octanol–water partition coefficient (Wildman–Crippen LogP) is 3.21. The summed E-state index contributed by atoms with van der Waals surface area (Å²) in [7, 11) is 0. The minimum Gasteiger partial charge on any atom is -0.492 e. The van der Waals surface area contributed by atoms with Gasteiger partial charge in [0.25, 0.3) is 0 Å². The number of benzene rings is 1. The van der Waals surface area contributed by atoms with Gasteiger partial charge in [0, 0.05) is 23.9 Å². The number of hydrogen-bond donors (Lipinski definition) is 1. The van der Waals surface area contributed by atoms with Crippen LogP contribution in [0.1, 0.15) is 23.7 Å². The maximum atomic E-state index is 8.91. The highest BCUT2D eigenvalue weighted by molar-refractivity contribution is 6.00. The molecule has 4 heteroatoms. The topological polar surface area (TPSA) is 54.7 Å². The lowest BCUT2D eigenvalue weighted by molar-refractivity contribution is 0.313. The van der Waals surface area contributed by atoms with Crippen LogP contribution in [0.2, 0.25) is 0 Å². The van der Waals surface area contributed by atoms with Crippen molar-refractivity contribution in [3.05, 3.63) is 59.4 Å². The number of ether oxygens (including phenoxy) is 1. The Morgan fingerprint density at radius 2 is 2.15 bits per heavy atom. The first-order chi connectivity index (χ1) is 9.70. The van der Waals surface area contributed by atoms with Crippen LogP contribution >= 0.6 is 0 Å². The third-order valence-electron chi connectivity index (χ3n) is 3.02. The third kappa shape index (κ3) is 3.57. The Labute approximate surface area is 118 Å². The van der Waals surface area contributed by atoms with Gasteiger partial charge in [-0.3, -0.25) is 4.98 Å². The molecule has 0 spiro atoms. The van der Waals surface area contributed by atoms with E-state index >= 15 is 0 Å². The quantitative estimate of drug-likeness (QED) is 0.515. The van der Waals surface area contributed by atoms with Gasteiger partial charge in [0.1, 0.15) is 5.75 Å². The Morgan fingerprint density at radius 1 is 1.30 bits per heavy atom. The smallest absolute Gasteiger partial charge is 0.128 e. The van der Waals surface area contributed by atoms with Crippen molar-refractivity contribution in [3.8, 4) is 5.75 Å². The normalized spacial score (nSPS) is 11.4. The van der Waals surface area contributed by atoms with Gasteiger partial charge < -0.3 is 9.94 Å². The standard InChI is InChI=1S/C16H18N2O2/c1-12-6-7-15(13(2)18-19)16(11-12)20-10-8-14-5-3-4-9-17-14/h3-7,9,11,19H,8,10H2,1-2H3. The van der Waals surface area contributed by atoms with Crippen molar-refractivity contribution in [1.29, 1.82) is 0 Å². The summed E-state index contributed by atoms with van der Waals surface area (Å²) in [5.74, 6) is 0.733. The van der Waals surface area contributed by atoms with Crippen molar-refractivity contribution in [2.24, 2.45) is 5.16 Å². The Kier molecular flexibility index (Phi) is 4.71. The van der Waals surface area contributed by atoms with Crippen molar-refractivity contribution in [2.45, 2.75) is 20.3 Å². The Balaban J connectivity index is 2.07. The van der Waals surface area contributed by atoms with Crippen molar-refractivity contribution in [3.63, 3.8) is 0 Å². The summed E-state index contributed by atoms with van der Waals surface area (Å²) in [5, 5.41) is 12.1. The molecular formula is C16H18N2O2. The summed E-state index contributed by atoms with van der Waals surface area (Å²) in [5.41, 5.74) is 3.44. The van der Waals surface area contributed by atoms with Crippen LogP contribution in [0, 0.1) is 6.92 Å². The summed E-state index contributed by atoms with van der Waals surface area (Å²) >= 11 is 0. The molecule has 0 aliphatic rings. The molecule has 4 nitrogen and oxygen atoms in total. The number of hydrogen-bond acceptors (Lipinski definition) is 4. The highest BCUT2D eigenvalue weighted by Crippen LogP contribution is 2.21. The van der Waals surface area contributed by atoms with Crippen LogP contribution < -0.4 is 4.74 Å². The molecule has 2 aromatic rings. The molecule has 0 saturated carbocycles. The fourth-order valence-electron chi connectivity index (χ4n) is 1.91. The number of rotatable bonds is 5. The molecule has 1 aromatic carbocycles. The molecule has 2 rings (SSSR count). The van der Waals surface area contributed by atoms with E-state index in [1.807, 2.05) is 43.3 Å². The molecule has 104 valence electrons. The van der Waals surface area contributed by atoms with Crippen LogP contribution in [-0.4, -0.2) is 22.5 Å². The van der Waals surface area contributed by atoms with Gasteiger partial charge >= 0.3 is 0 Å². The Hall–Kier alpha value is -2.36. The van der Waals surface area contributed by atoms with Gasteiger partial charge in [0.15, 0.2) is 0 Å². The van der Waals surface area contributed by atoms with Gasteiger partial charge in [-0.1, -0.05) is 17.3 Å². The van der Waals surface area contributed by atoms with E-state index in [1.54, 1.807) is 13.1 Å². The summed E-state index contributed by atoms with van der Waals surface area (Å²) in [6.45, 7) is 4.28. The molecule has 0 aliphatic heterocycles. The number of pyridine rings is 1. The number of oxime groups is 1. The van der Waals surface area contributed by atoms with Gasteiger partial charge in [0.05, 0.1) is 12.3 Å². The van der Waals surface area contributed by atoms with E-state index in [9.17, 15) is 0 Å². The second-order valence-corrected chi connectivity index (χ2v) is 4.60. The third-order valence-corrected chi connectivity index (χ3v) is 3.02. The summed E-state index contributed by atoms with van der Waals surface area (Å²) in [6.07, 6.45) is 2.51. The molecule has 0 saturated heterocycles. The van der Waals surface area contributed by atoms with E-state index in [4.69, 9.17) is 9.94 Å². The van der Waals surface area contributed by atoms with Crippen molar-refractivity contribution in [2.75, 3.05) is 6.61 Å². The van der Waals surface area contributed by atoms with Crippen LogP contribution in [0.15, 0.2) is 47.8 Å². The molecule has 20 heavy (non-hydrogen) atoms. The minimum absolute atomic E-state index is 0.534. The lowest BCUT2D eigenvalue weighted by atomic mass is 10.1. The summed E-state index contributed by atoms with van der Waals surface area (Å²) < 4.78 is 5.81. The van der Waals surface area contributed by atoms with Crippen LogP contribution in [0.25, 0.3) is 0 Å². The number of aryl methyl sites for hydroxylation is 1. The van der Waals surface area contributed by atoms with E-state index in [1.165, 1.54) is 0 Å². The molecule has 0 fully saturated rings. The first-order valence-electron chi connectivity index (χ1n) is 6.53. The van der Waals surface area contributed by atoms with Gasteiger partial charge in [-0.05, 0) is 43.7 Å². The Morgan fingerprint density at radius 3 is 2.85 bits per heavy atom. The van der Waals surface area contributed by atoms with Gasteiger partial charge in [-0.25, -0.2) is 0 Å². The molecule has 1 heterocycles. The average Bonchev–Trinajstić information content (AvgIpc) is 2.48. The largest absolute Gasteiger partial charge is 0.492 e. The lowest BCUT2D eigenvalue weighted by Crippen LogP contribution is -2.06. The van der Waals surface area contributed by atoms with E-state index < -0.39 is 0 Å². The maximum absolute atomic E-state index is 8.91.